The lowest BCUT2D eigenvalue weighted by Crippen LogP contribution is -2.09. The summed E-state index contributed by atoms with van der Waals surface area (Å²) in [6.07, 6.45) is 1.86. The Morgan fingerprint density at radius 1 is 1.14 bits per heavy atom. The predicted octanol–water partition coefficient (Wildman–Crippen LogP) is 4.05. The summed E-state index contributed by atoms with van der Waals surface area (Å²) in [7, 11) is 0. The summed E-state index contributed by atoms with van der Waals surface area (Å²) >= 11 is 6.13. The zero-order valence-corrected chi connectivity index (χ0v) is 11.8. The van der Waals surface area contributed by atoms with Crippen molar-refractivity contribution in [2.45, 2.75) is 6.54 Å². The Balaban J connectivity index is 1.89. The lowest BCUT2D eigenvalue weighted by molar-refractivity contribution is 0.0973. The largest absolute Gasteiger partial charge is 0.340 e. The lowest BCUT2D eigenvalue weighted by atomic mass is 10.1. The number of halogens is 1. The minimum Gasteiger partial charge on any atom is -0.340 e. The normalized spacial score (nSPS) is 10.5. The van der Waals surface area contributed by atoms with E-state index < -0.39 is 0 Å². The van der Waals surface area contributed by atoms with E-state index in [1.54, 1.807) is 24.3 Å². The first kappa shape index (κ1) is 13.4. The zero-order valence-electron chi connectivity index (χ0n) is 11.1. The van der Waals surface area contributed by atoms with Crippen LogP contribution in [0.3, 0.4) is 0 Å². The van der Waals surface area contributed by atoms with Gasteiger partial charge in [0.2, 0.25) is 0 Å². The summed E-state index contributed by atoms with van der Waals surface area (Å²) in [6, 6.07) is 16.2. The molecule has 3 rings (SSSR count). The maximum Gasteiger partial charge on any atom is 0.182 e. The summed E-state index contributed by atoms with van der Waals surface area (Å²) in [6.45, 7) is 0.246. The number of carbonyl (C=O) groups is 1. The molecule has 0 aliphatic carbocycles. The van der Waals surface area contributed by atoms with Crippen LogP contribution >= 0.6 is 11.6 Å². The summed E-state index contributed by atoms with van der Waals surface area (Å²) in [5, 5.41) is 10.4. The average Bonchev–Trinajstić information content (AvgIpc) is 2.92. The van der Waals surface area contributed by atoms with Crippen molar-refractivity contribution in [3.8, 4) is 6.07 Å². The van der Waals surface area contributed by atoms with E-state index in [1.807, 2.05) is 41.1 Å². The summed E-state index contributed by atoms with van der Waals surface area (Å²) in [5.74, 6) is -0.00281. The Hall–Kier alpha value is -2.57. The average molecular weight is 295 g/mol. The Morgan fingerprint density at radius 2 is 1.90 bits per heavy atom. The Bertz CT molecular complexity index is 857. The number of nitrogens with zero attached hydrogens (tertiary/aromatic N) is 2. The zero-order chi connectivity index (χ0) is 14.8. The molecule has 0 saturated heterocycles. The topological polar surface area (TPSA) is 45.8 Å². The molecule has 102 valence electrons. The van der Waals surface area contributed by atoms with Gasteiger partial charge in [0.05, 0.1) is 18.2 Å². The quantitative estimate of drug-likeness (QED) is 0.684. The number of Topliss-reactive ketones (excluding diaryl/α,β-unsaturated/α-hetero) is 1. The van der Waals surface area contributed by atoms with Crippen LogP contribution in [0.15, 0.2) is 54.7 Å². The van der Waals surface area contributed by atoms with Gasteiger partial charge in [0, 0.05) is 27.7 Å². The van der Waals surface area contributed by atoms with Gasteiger partial charge in [-0.1, -0.05) is 29.8 Å². The number of rotatable bonds is 3. The predicted molar refractivity (Wildman–Crippen MR) is 82.4 cm³/mol. The fraction of sp³-hybridized carbons (Fsp3) is 0.0588. The van der Waals surface area contributed by atoms with Crippen molar-refractivity contribution in [3.63, 3.8) is 0 Å². The minimum absolute atomic E-state index is 0.00281. The minimum atomic E-state index is -0.00281. The maximum absolute atomic E-state index is 12.3. The highest BCUT2D eigenvalue weighted by molar-refractivity contribution is 6.35. The summed E-state index contributed by atoms with van der Waals surface area (Å²) < 4.78 is 1.88. The standard InChI is InChI=1S/C17H11ClN2O/c18-15-2-1-3-16-14(15)8-9-20(16)11-17(21)13-6-4-12(10-19)5-7-13/h1-9H,11H2. The smallest absolute Gasteiger partial charge is 0.182 e. The Morgan fingerprint density at radius 3 is 2.62 bits per heavy atom. The van der Waals surface area contributed by atoms with Crippen LogP contribution in [0.4, 0.5) is 0 Å². The van der Waals surface area contributed by atoms with Gasteiger partial charge in [-0.3, -0.25) is 4.79 Å². The first-order valence-electron chi connectivity index (χ1n) is 6.46. The highest BCUT2D eigenvalue weighted by Crippen LogP contribution is 2.24. The Kier molecular flexibility index (Phi) is 3.47. The van der Waals surface area contributed by atoms with Crippen LogP contribution in [-0.4, -0.2) is 10.4 Å². The van der Waals surface area contributed by atoms with Gasteiger partial charge in [0.15, 0.2) is 5.78 Å². The van der Waals surface area contributed by atoms with Crippen molar-refractivity contribution < 1.29 is 4.79 Å². The van der Waals surface area contributed by atoms with Crippen molar-refractivity contribution in [2.24, 2.45) is 0 Å². The second-order valence-electron chi connectivity index (χ2n) is 4.73. The van der Waals surface area contributed by atoms with Crippen LogP contribution in [0.1, 0.15) is 15.9 Å². The van der Waals surface area contributed by atoms with Gasteiger partial charge in [-0.05, 0) is 30.3 Å². The van der Waals surface area contributed by atoms with Gasteiger partial charge in [-0.15, -0.1) is 0 Å². The van der Waals surface area contributed by atoms with E-state index in [0.717, 1.165) is 10.9 Å². The molecule has 1 aromatic heterocycles. The molecule has 3 nitrogen and oxygen atoms in total. The molecule has 0 N–H and O–H groups in total. The molecule has 0 spiro atoms. The summed E-state index contributed by atoms with van der Waals surface area (Å²) in [4.78, 5) is 12.3. The fourth-order valence-corrected chi connectivity index (χ4v) is 2.53. The first-order chi connectivity index (χ1) is 10.2. The van der Waals surface area contributed by atoms with Crippen molar-refractivity contribution in [3.05, 3.63) is 70.9 Å². The number of hydrogen-bond donors (Lipinski definition) is 0. The number of benzene rings is 2. The molecule has 0 aliphatic heterocycles. The summed E-state index contributed by atoms with van der Waals surface area (Å²) in [5.41, 5.74) is 2.08. The first-order valence-corrected chi connectivity index (χ1v) is 6.83. The molecule has 2 aromatic carbocycles. The molecule has 4 heteroatoms. The van der Waals surface area contributed by atoms with Gasteiger partial charge < -0.3 is 4.57 Å². The molecule has 0 bridgehead atoms. The van der Waals surface area contributed by atoms with Crippen molar-refractivity contribution in [1.29, 1.82) is 5.26 Å². The van der Waals surface area contributed by atoms with Crippen LogP contribution in [0.5, 0.6) is 0 Å². The number of ketones is 1. The molecule has 0 saturated carbocycles. The monoisotopic (exact) mass is 294 g/mol. The number of carbonyl (C=O) groups excluding carboxylic acids is 1. The molecule has 0 atom stereocenters. The van der Waals surface area contributed by atoms with Gasteiger partial charge in [-0.25, -0.2) is 0 Å². The van der Waals surface area contributed by atoms with Gasteiger partial charge in [0.25, 0.3) is 0 Å². The number of hydrogen-bond acceptors (Lipinski definition) is 2. The molecule has 0 fully saturated rings. The van der Waals surface area contributed by atoms with Crippen LogP contribution < -0.4 is 0 Å². The molecule has 0 radical (unpaired) electrons. The second-order valence-corrected chi connectivity index (χ2v) is 5.14. The van der Waals surface area contributed by atoms with Crippen molar-refractivity contribution >= 4 is 28.3 Å². The van der Waals surface area contributed by atoms with Crippen molar-refractivity contribution in [2.75, 3.05) is 0 Å². The van der Waals surface area contributed by atoms with Crippen LogP contribution in [-0.2, 0) is 6.54 Å². The van der Waals surface area contributed by atoms with E-state index in [-0.39, 0.29) is 12.3 Å². The highest BCUT2D eigenvalue weighted by atomic mass is 35.5. The third kappa shape index (κ3) is 2.54. The molecular weight excluding hydrogens is 284 g/mol. The van der Waals surface area contributed by atoms with E-state index in [1.165, 1.54) is 0 Å². The molecule has 0 aliphatic rings. The van der Waals surface area contributed by atoms with E-state index >= 15 is 0 Å². The van der Waals surface area contributed by atoms with E-state index in [4.69, 9.17) is 16.9 Å². The molecule has 0 unspecified atom stereocenters. The fourth-order valence-electron chi connectivity index (χ4n) is 2.30. The number of nitriles is 1. The highest BCUT2D eigenvalue weighted by Gasteiger charge is 2.10. The molecular formula is C17H11ClN2O. The second kappa shape index (κ2) is 5.43. The molecule has 0 amide bonds. The van der Waals surface area contributed by atoms with Crippen LogP contribution in [0.2, 0.25) is 5.02 Å². The van der Waals surface area contributed by atoms with Crippen LogP contribution in [0.25, 0.3) is 10.9 Å². The third-order valence-corrected chi connectivity index (χ3v) is 3.74. The molecule has 3 aromatic rings. The van der Waals surface area contributed by atoms with Gasteiger partial charge >= 0.3 is 0 Å². The van der Waals surface area contributed by atoms with Gasteiger partial charge in [0.1, 0.15) is 0 Å². The number of fused-ring (bicyclic) bond motifs is 1. The maximum atomic E-state index is 12.3. The number of aromatic nitrogens is 1. The van der Waals surface area contributed by atoms with Crippen molar-refractivity contribution in [1.82, 2.24) is 4.57 Å². The molecule has 21 heavy (non-hydrogen) atoms. The molecule has 1 heterocycles. The SMILES string of the molecule is N#Cc1ccc(C(=O)Cn2ccc3c(Cl)cccc32)cc1. The third-order valence-electron chi connectivity index (χ3n) is 3.41. The Labute approximate surface area is 127 Å². The lowest BCUT2D eigenvalue weighted by Gasteiger charge is -2.05. The van der Waals surface area contributed by atoms with Gasteiger partial charge in [-0.2, -0.15) is 5.26 Å². The van der Waals surface area contributed by atoms with Crippen LogP contribution in [0, 0.1) is 11.3 Å². The van der Waals surface area contributed by atoms with E-state index in [9.17, 15) is 4.79 Å². The van der Waals surface area contributed by atoms with E-state index in [0.29, 0.717) is 16.1 Å². The van der Waals surface area contributed by atoms with E-state index in [2.05, 4.69) is 0 Å².